The van der Waals surface area contributed by atoms with Gasteiger partial charge in [0.2, 0.25) is 5.91 Å². The van der Waals surface area contributed by atoms with E-state index in [2.05, 4.69) is 15.6 Å². The summed E-state index contributed by atoms with van der Waals surface area (Å²) in [7, 11) is 0. The molecule has 1 aromatic carbocycles. The molecule has 0 saturated heterocycles. The maximum absolute atomic E-state index is 12.4. The van der Waals surface area contributed by atoms with Crippen LogP contribution in [0.4, 0.5) is 5.13 Å². The highest BCUT2D eigenvalue weighted by atomic mass is 32.1. The largest absolute Gasteiger partial charge is 0.341 e. The lowest BCUT2D eigenvalue weighted by atomic mass is 9.87. The van der Waals surface area contributed by atoms with Crippen molar-refractivity contribution in [2.45, 2.75) is 57.9 Å². The van der Waals surface area contributed by atoms with Crippen LogP contribution >= 0.6 is 11.3 Å². The molecule has 2 N–H and O–H groups in total. The SMILES string of the molecule is Cc1ccc(C(=O)NC(C)C(=O)Nc2nc(C3CCCCC3)cs2)cc1. The van der Waals surface area contributed by atoms with Crippen LogP contribution in [0.1, 0.15) is 66.6 Å². The molecule has 1 aromatic heterocycles. The molecule has 0 radical (unpaired) electrons. The quantitative estimate of drug-likeness (QED) is 0.825. The molecule has 2 aromatic rings. The molecule has 0 bridgehead atoms. The molecular formula is C20H25N3O2S. The highest BCUT2D eigenvalue weighted by Gasteiger charge is 2.21. The highest BCUT2D eigenvalue weighted by Crippen LogP contribution is 2.34. The first-order valence-corrected chi connectivity index (χ1v) is 10.0. The lowest BCUT2D eigenvalue weighted by Crippen LogP contribution is -2.41. The van der Waals surface area contributed by atoms with Gasteiger partial charge in [0.1, 0.15) is 6.04 Å². The molecule has 0 aliphatic heterocycles. The summed E-state index contributed by atoms with van der Waals surface area (Å²) in [6.07, 6.45) is 6.18. The number of carbonyl (C=O) groups excluding carboxylic acids is 2. The second-order valence-corrected chi connectivity index (χ2v) is 7.82. The van der Waals surface area contributed by atoms with Gasteiger partial charge >= 0.3 is 0 Å². The van der Waals surface area contributed by atoms with Crippen LogP contribution in [0.25, 0.3) is 0 Å². The maximum atomic E-state index is 12.4. The Kier molecular flexibility index (Phi) is 6.04. The normalized spacial score (nSPS) is 16.1. The van der Waals surface area contributed by atoms with Gasteiger partial charge in [-0.1, -0.05) is 37.0 Å². The second kappa shape index (κ2) is 8.45. The number of hydrogen-bond acceptors (Lipinski definition) is 4. The summed E-state index contributed by atoms with van der Waals surface area (Å²) in [5.41, 5.74) is 2.72. The van der Waals surface area contributed by atoms with Crippen molar-refractivity contribution in [3.05, 3.63) is 46.5 Å². The lowest BCUT2D eigenvalue weighted by Gasteiger charge is -2.19. The highest BCUT2D eigenvalue weighted by molar-refractivity contribution is 7.13. The van der Waals surface area contributed by atoms with Gasteiger partial charge in [0.05, 0.1) is 5.69 Å². The van der Waals surface area contributed by atoms with Crippen LogP contribution in [0, 0.1) is 6.92 Å². The van der Waals surface area contributed by atoms with Crippen LogP contribution in [-0.2, 0) is 4.79 Å². The predicted octanol–water partition coefficient (Wildman–Crippen LogP) is 4.26. The van der Waals surface area contributed by atoms with Gasteiger partial charge in [-0.15, -0.1) is 11.3 Å². The Hall–Kier alpha value is -2.21. The number of amides is 2. The zero-order chi connectivity index (χ0) is 18.5. The van der Waals surface area contributed by atoms with Crippen molar-refractivity contribution < 1.29 is 9.59 Å². The molecule has 1 saturated carbocycles. The number of carbonyl (C=O) groups is 2. The third-order valence-electron chi connectivity index (χ3n) is 4.83. The molecular weight excluding hydrogens is 346 g/mol. The molecule has 2 amide bonds. The van der Waals surface area contributed by atoms with E-state index in [0.29, 0.717) is 16.6 Å². The molecule has 0 spiro atoms. The number of thiazole rings is 1. The van der Waals surface area contributed by atoms with Crippen molar-refractivity contribution in [2.24, 2.45) is 0 Å². The molecule has 5 nitrogen and oxygen atoms in total. The molecule has 1 aliphatic rings. The maximum Gasteiger partial charge on any atom is 0.251 e. The zero-order valence-electron chi connectivity index (χ0n) is 15.2. The van der Waals surface area contributed by atoms with Gasteiger partial charge in [-0.25, -0.2) is 4.98 Å². The smallest absolute Gasteiger partial charge is 0.251 e. The van der Waals surface area contributed by atoms with Gasteiger partial charge in [0.15, 0.2) is 5.13 Å². The summed E-state index contributed by atoms with van der Waals surface area (Å²) in [6.45, 7) is 3.64. The minimum absolute atomic E-state index is 0.255. The number of aromatic nitrogens is 1. The van der Waals surface area contributed by atoms with E-state index in [1.54, 1.807) is 19.1 Å². The minimum atomic E-state index is -0.633. The molecule has 6 heteroatoms. The number of nitrogens with one attached hydrogen (secondary N) is 2. The Morgan fingerprint density at radius 3 is 2.54 bits per heavy atom. The van der Waals surface area contributed by atoms with Crippen molar-refractivity contribution in [1.82, 2.24) is 10.3 Å². The fraction of sp³-hybridized carbons (Fsp3) is 0.450. The number of hydrogen-bond donors (Lipinski definition) is 2. The Balaban J connectivity index is 1.54. The average Bonchev–Trinajstić information content (AvgIpc) is 3.11. The van der Waals surface area contributed by atoms with Gasteiger partial charge in [0, 0.05) is 16.9 Å². The Morgan fingerprint density at radius 1 is 1.15 bits per heavy atom. The molecule has 3 rings (SSSR count). The number of rotatable bonds is 5. The van der Waals surface area contributed by atoms with E-state index in [0.717, 1.165) is 11.3 Å². The van der Waals surface area contributed by atoms with E-state index in [1.807, 2.05) is 24.4 Å². The monoisotopic (exact) mass is 371 g/mol. The molecule has 1 atom stereocenters. The fourth-order valence-corrected chi connectivity index (χ4v) is 3.99. The fourth-order valence-electron chi connectivity index (χ4n) is 3.19. The Labute approximate surface area is 158 Å². The summed E-state index contributed by atoms with van der Waals surface area (Å²) in [4.78, 5) is 29.2. The minimum Gasteiger partial charge on any atom is -0.341 e. The van der Waals surface area contributed by atoms with Crippen molar-refractivity contribution >= 4 is 28.3 Å². The number of anilines is 1. The first kappa shape index (κ1) is 18.6. The van der Waals surface area contributed by atoms with Crippen LogP contribution in [0.15, 0.2) is 29.6 Å². The van der Waals surface area contributed by atoms with Crippen LogP contribution in [0.3, 0.4) is 0 Å². The van der Waals surface area contributed by atoms with Crippen molar-refractivity contribution in [1.29, 1.82) is 0 Å². The lowest BCUT2D eigenvalue weighted by molar-refractivity contribution is -0.117. The standard InChI is InChI=1S/C20H25N3O2S/c1-13-8-10-16(11-9-13)19(25)21-14(2)18(24)23-20-22-17(12-26-20)15-6-4-3-5-7-15/h8-12,14-15H,3-7H2,1-2H3,(H,21,25)(H,22,23,24). The average molecular weight is 372 g/mol. The summed E-state index contributed by atoms with van der Waals surface area (Å²) in [5.74, 6) is 0.00834. The van der Waals surface area contributed by atoms with Crippen LogP contribution in [0.2, 0.25) is 0 Å². The van der Waals surface area contributed by atoms with E-state index in [-0.39, 0.29) is 11.8 Å². The van der Waals surface area contributed by atoms with E-state index in [9.17, 15) is 9.59 Å². The van der Waals surface area contributed by atoms with Crippen LogP contribution in [-0.4, -0.2) is 22.8 Å². The summed E-state index contributed by atoms with van der Waals surface area (Å²) >= 11 is 1.45. The van der Waals surface area contributed by atoms with Gasteiger partial charge in [-0.2, -0.15) is 0 Å². The van der Waals surface area contributed by atoms with Gasteiger partial charge in [-0.05, 0) is 38.8 Å². The summed E-state index contributed by atoms with van der Waals surface area (Å²) in [6, 6.07) is 6.63. The molecule has 1 unspecified atom stereocenters. The molecule has 1 heterocycles. The molecule has 1 aliphatic carbocycles. The van der Waals surface area contributed by atoms with Gasteiger partial charge in [0.25, 0.3) is 5.91 Å². The predicted molar refractivity (Wildman–Crippen MR) is 105 cm³/mol. The second-order valence-electron chi connectivity index (χ2n) is 6.96. The third-order valence-corrected chi connectivity index (χ3v) is 5.61. The van der Waals surface area contributed by atoms with E-state index in [1.165, 1.54) is 43.4 Å². The Bertz CT molecular complexity index is 764. The van der Waals surface area contributed by atoms with Gasteiger partial charge in [-0.3, -0.25) is 9.59 Å². The zero-order valence-corrected chi connectivity index (χ0v) is 16.1. The number of aryl methyl sites for hydroxylation is 1. The number of nitrogens with zero attached hydrogens (tertiary/aromatic N) is 1. The first-order chi connectivity index (χ1) is 12.5. The van der Waals surface area contributed by atoms with Crippen molar-refractivity contribution in [3.63, 3.8) is 0 Å². The molecule has 26 heavy (non-hydrogen) atoms. The summed E-state index contributed by atoms with van der Waals surface area (Å²) < 4.78 is 0. The summed E-state index contributed by atoms with van der Waals surface area (Å²) in [5, 5.41) is 8.20. The third kappa shape index (κ3) is 4.69. The van der Waals surface area contributed by atoms with Crippen molar-refractivity contribution in [2.75, 3.05) is 5.32 Å². The van der Waals surface area contributed by atoms with Crippen LogP contribution in [0.5, 0.6) is 0 Å². The molecule has 138 valence electrons. The Morgan fingerprint density at radius 2 is 1.85 bits per heavy atom. The first-order valence-electron chi connectivity index (χ1n) is 9.17. The van der Waals surface area contributed by atoms with E-state index in [4.69, 9.17) is 0 Å². The topological polar surface area (TPSA) is 71.1 Å². The van der Waals surface area contributed by atoms with E-state index < -0.39 is 6.04 Å². The van der Waals surface area contributed by atoms with Gasteiger partial charge < -0.3 is 10.6 Å². The number of benzene rings is 1. The molecule has 1 fully saturated rings. The van der Waals surface area contributed by atoms with E-state index >= 15 is 0 Å². The van der Waals surface area contributed by atoms with Crippen molar-refractivity contribution in [3.8, 4) is 0 Å². The van der Waals surface area contributed by atoms with Crippen LogP contribution < -0.4 is 10.6 Å².